The lowest BCUT2D eigenvalue weighted by Gasteiger charge is -2.32. The van der Waals surface area contributed by atoms with Crippen LogP contribution in [0.2, 0.25) is 5.02 Å². The van der Waals surface area contributed by atoms with E-state index in [1.54, 1.807) is 0 Å². The van der Waals surface area contributed by atoms with Crippen LogP contribution >= 0.6 is 34.8 Å². The summed E-state index contributed by atoms with van der Waals surface area (Å²) in [4.78, 5) is 11.9. The van der Waals surface area contributed by atoms with Crippen LogP contribution in [-0.4, -0.2) is 10.7 Å². The Labute approximate surface area is 188 Å². The van der Waals surface area contributed by atoms with Crippen molar-refractivity contribution in [2.24, 2.45) is 5.92 Å². The van der Waals surface area contributed by atoms with Gasteiger partial charge in [0.25, 0.3) is 0 Å². The van der Waals surface area contributed by atoms with E-state index < -0.39 is 4.84 Å². The maximum atomic E-state index is 12.4. The summed E-state index contributed by atoms with van der Waals surface area (Å²) in [6, 6.07) is 12.6. The number of nitrogens with one attached hydrogen (secondary N) is 1. The SMILES string of the molecule is Cc1cc2c(cc1NC(=O)CC(C)C(Cl)Cl)CCCC2C(C)c1cccc(Cl)c1. The van der Waals surface area contributed by atoms with Crippen molar-refractivity contribution in [1.29, 1.82) is 0 Å². The van der Waals surface area contributed by atoms with Crippen molar-refractivity contribution >= 4 is 46.4 Å². The Balaban J connectivity index is 1.82. The van der Waals surface area contributed by atoms with Crippen LogP contribution in [-0.2, 0) is 11.2 Å². The molecule has 2 aromatic carbocycles. The van der Waals surface area contributed by atoms with Gasteiger partial charge in [0.05, 0.1) is 0 Å². The fourth-order valence-corrected chi connectivity index (χ4v) is 4.64. The van der Waals surface area contributed by atoms with E-state index in [-0.39, 0.29) is 11.8 Å². The number of halogens is 3. The van der Waals surface area contributed by atoms with Crippen molar-refractivity contribution < 1.29 is 4.79 Å². The number of alkyl halides is 2. The van der Waals surface area contributed by atoms with Crippen LogP contribution in [0.25, 0.3) is 0 Å². The number of hydrogen-bond donors (Lipinski definition) is 1. The zero-order chi connectivity index (χ0) is 21.1. The highest BCUT2D eigenvalue weighted by Gasteiger charge is 2.27. The molecule has 3 atom stereocenters. The van der Waals surface area contributed by atoms with Crippen LogP contribution in [0.1, 0.15) is 67.2 Å². The summed E-state index contributed by atoms with van der Waals surface area (Å²) in [5.41, 5.74) is 5.97. The maximum absolute atomic E-state index is 12.4. The molecule has 2 nitrogen and oxygen atoms in total. The highest BCUT2D eigenvalue weighted by Crippen LogP contribution is 2.43. The molecule has 1 aliphatic carbocycles. The summed E-state index contributed by atoms with van der Waals surface area (Å²) in [7, 11) is 0. The molecule has 3 rings (SSSR count). The zero-order valence-corrected chi connectivity index (χ0v) is 19.4. The number of carbonyl (C=O) groups excluding carboxylic acids is 1. The molecule has 0 aliphatic heterocycles. The molecule has 3 unspecified atom stereocenters. The standard InChI is InChI=1S/C24H28Cl3NO/c1-14-10-21-18(13-22(14)28-23(29)11-15(2)24(26)27)7-5-9-20(21)16(3)17-6-4-8-19(25)12-17/h4,6,8,10,12-13,15-16,20,24H,5,7,9,11H2,1-3H3,(H,28,29). The van der Waals surface area contributed by atoms with Gasteiger partial charge in [-0.25, -0.2) is 0 Å². The topological polar surface area (TPSA) is 29.1 Å². The number of aryl methyl sites for hydroxylation is 2. The van der Waals surface area contributed by atoms with Crippen molar-refractivity contribution in [2.45, 2.75) is 63.1 Å². The predicted octanol–water partition coefficient (Wildman–Crippen LogP) is 7.64. The number of hydrogen-bond acceptors (Lipinski definition) is 1. The van der Waals surface area contributed by atoms with E-state index in [0.717, 1.165) is 35.5 Å². The summed E-state index contributed by atoms with van der Waals surface area (Å²) in [6.07, 6.45) is 3.66. The number of benzene rings is 2. The second kappa shape index (κ2) is 9.73. The monoisotopic (exact) mass is 451 g/mol. The molecule has 0 spiro atoms. The molecular weight excluding hydrogens is 425 g/mol. The van der Waals surface area contributed by atoms with E-state index in [9.17, 15) is 4.79 Å². The van der Waals surface area contributed by atoms with E-state index in [0.29, 0.717) is 18.3 Å². The van der Waals surface area contributed by atoms with Crippen molar-refractivity contribution in [3.8, 4) is 0 Å². The van der Waals surface area contributed by atoms with E-state index >= 15 is 0 Å². The molecule has 0 saturated heterocycles. The van der Waals surface area contributed by atoms with Crippen molar-refractivity contribution in [1.82, 2.24) is 0 Å². The fourth-order valence-electron chi connectivity index (χ4n) is 4.26. The molecule has 0 radical (unpaired) electrons. The molecule has 156 valence electrons. The molecule has 0 bridgehead atoms. The molecule has 1 N–H and O–H groups in total. The van der Waals surface area contributed by atoms with Gasteiger partial charge in [0.2, 0.25) is 5.91 Å². The second-order valence-electron chi connectivity index (χ2n) is 8.27. The highest BCUT2D eigenvalue weighted by atomic mass is 35.5. The van der Waals surface area contributed by atoms with Gasteiger partial charge in [-0.3, -0.25) is 4.79 Å². The molecule has 29 heavy (non-hydrogen) atoms. The maximum Gasteiger partial charge on any atom is 0.224 e. The van der Waals surface area contributed by atoms with E-state index in [2.05, 4.69) is 43.4 Å². The third-order valence-electron chi connectivity index (χ3n) is 6.04. The van der Waals surface area contributed by atoms with Crippen LogP contribution in [0, 0.1) is 12.8 Å². The van der Waals surface area contributed by atoms with Gasteiger partial charge in [0.15, 0.2) is 0 Å². The van der Waals surface area contributed by atoms with Gasteiger partial charge in [-0.1, -0.05) is 43.6 Å². The number of carbonyl (C=O) groups is 1. The van der Waals surface area contributed by atoms with Gasteiger partial charge in [0.1, 0.15) is 4.84 Å². The highest BCUT2D eigenvalue weighted by molar-refractivity contribution is 6.44. The molecular formula is C24H28Cl3NO. The number of rotatable bonds is 6. The van der Waals surface area contributed by atoms with Crippen LogP contribution in [0.15, 0.2) is 36.4 Å². The summed E-state index contributed by atoms with van der Waals surface area (Å²) in [5, 5.41) is 3.84. The molecule has 2 aromatic rings. The zero-order valence-electron chi connectivity index (χ0n) is 17.1. The first-order valence-corrected chi connectivity index (χ1v) is 11.5. The number of amides is 1. The number of anilines is 1. The third kappa shape index (κ3) is 5.48. The Hall–Kier alpha value is -1.22. The van der Waals surface area contributed by atoms with Crippen LogP contribution < -0.4 is 5.32 Å². The molecule has 0 saturated carbocycles. The Morgan fingerprint density at radius 3 is 2.66 bits per heavy atom. The van der Waals surface area contributed by atoms with Crippen molar-refractivity contribution in [3.63, 3.8) is 0 Å². The minimum atomic E-state index is -0.542. The Morgan fingerprint density at radius 1 is 1.21 bits per heavy atom. The second-order valence-corrected chi connectivity index (χ2v) is 9.87. The van der Waals surface area contributed by atoms with E-state index in [1.165, 1.54) is 16.7 Å². The van der Waals surface area contributed by atoms with Gasteiger partial charge in [-0.2, -0.15) is 0 Å². The normalized spacial score (nSPS) is 18.2. The van der Waals surface area contributed by atoms with Crippen LogP contribution in [0.5, 0.6) is 0 Å². The summed E-state index contributed by atoms with van der Waals surface area (Å²) < 4.78 is 0. The average Bonchev–Trinajstić information content (AvgIpc) is 2.67. The minimum absolute atomic E-state index is 0.0495. The van der Waals surface area contributed by atoms with Gasteiger partial charge >= 0.3 is 0 Å². The van der Waals surface area contributed by atoms with Crippen molar-refractivity contribution in [3.05, 3.63) is 63.7 Å². The molecule has 0 heterocycles. The van der Waals surface area contributed by atoms with Crippen LogP contribution in [0.4, 0.5) is 5.69 Å². The van der Waals surface area contributed by atoms with E-state index in [1.807, 2.05) is 19.1 Å². The summed E-state index contributed by atoms with van der Waals surface area (Å²) in [5.74, 6) is 0.706. The number of fused-ring (bicyclic) bond motifs is 1. The van der Waals surface area contributed by atoms with Gasteiger partial charge in [0, 0.05) is 17.1 Å². The first-order chi connectivity index (χ1) is 13.8. The quantitative estimate of drug-likeness (QED) is 0.448. The third-order valence-corrected chi connectivity index (χ3v) is 7.13. The Morgan fingerprint density at radius 2 is 1.97 bits per heavy atom. The van der Waals surface area contributed by atoms with Crippen molar-refractivity contribution in [2.75, 3.05) is 5.32 Å². The lowest BCUT2D eigenvalue weighted by Crippen LogP contribution is -2.20. The lowest BCUT2D eigenvalue weighted by atomic mass is 9.73. The Kier molecular flexibility index (Phi) is 7.53. The summed E-state index contributed by atoms with van der Waals surface area (Å²) in [6.45, 7) is 6.22. The van der Waals surface area contributed by atoms with Gasteiger partial charge in [-0.15, -0.1) is 23.2 Å². The first-order valence-electron chi connectivity index (χ1n) is 10.2. The average molecular weight is 453 g/mol. The molecule has 1 aliphatic rings. The molecule has 0 fully saturated rings. The predicted molar refractivity (Wildman–Crippen MR) is 125 cm³/mol. The smallest absolute Gasteiger partial charge is 0.224 e. The molecule has 1 amide bonds. The Bertz CT molecular complexity index is 880. The summed E-state index contributed by atoms with van der Waals surface area (Å²) >= 11 is 18.0. The van der Waals surface area contributed by atoms with Gasteiger partial charge < -0.3 is 5.32 Å². The first kappa shape index (κ1) is 22.5. The van der Waals surface area contributed by atoms with Crippen LogP contribution in [0.3, 0.4) is 0 Å². The minimum Gasteiger partial charge on any atom is -0.326 e. The van der Waals surface area contributed by atoms with E-state index in [4.69, 9.17) is 34.8 Å². The molecule has 5 heteroatoms. The largest absolute Gasteiger partial charge is 0.326 e. The fraction of sp³-hybridized carbons (Fsp3) is 0.458. The lowest BCUT2D eigenvalue weighted by molar-refractivity contribution is -0.116. The van der Waals surface area contributed by atoms with Gasteiger partial charge in [-0.05, 0) is 84.4 Å². The molecule has 0 aromatic heterocycles.